The van der Waals surface area contributed by atoms with E-state index in [0.29, 0.717) is 70.9 Å². The number of nitrogens with zero attached hydrogens (tertiary/aromatic N) is 28. The van der Waals surface area contributed by atoms with Gasteiger partial charge in [-0.1, -0.05) is 35.4 Å². The molecule has 9 aliphatic heterocycles. The number of piperazine rings is 2. The summed E-state index contributed by atoms with van der Waals surface area (Å²) in [5.74, 6) is 7.45. The Morgan fingerprint density at radius 1 is 0.421 bits per heavy atom. The molecule has 2 amide bonds. The molecule has 4 N–H and O–H groups in total. The number of aromatic amines is 1. The van der Waals surface area contributed by atoms with Crippen LogP contribution in [0.2, 0.25) is 10.3 Å². The number of nitrogens with one attached hydrogen (secondary N) is 2. The van der Waals surface area contributed by atoms with Gasteiger partial charge in [-0.3, -0.25) is 0 Å². The van der Waals surface area contributed by atoms with Gasteiger partial charge in [0.2, 0.25) is 0 Å². The van der Waals surface area contributed by atoms with E-state index in [2.05, 4.69) is 130 Å². The first-order valence-electron chi connectivity index (χ1n) is 47.7. The van der Waals surface area contributed by atoms with E-state index in [0.717, 1.165) is 315 Å². The zero-order valence-electron chi connectivity index (χ0n) is 82.2. The molecule has 0 saturated carbocycles. The minimum Gasteiger partial charge on any atom is -0.378 e. The van der Waals surface area contributed by atoms with E-state index in [1.165, 1.54) is 72.7 Å². The predicted octanol–water partition coefficient (Wildman–Crippen LogP) is 12.5. The molecular formula is C93H112Cl3N31Na2O10S6. The van der Waals surface area contributed by atoms with Crippen molar-refractivity contribution in [2.24, 2.45) is 0 Å². The number of anilines is 9. The van der Waals surface area contributed by atoms with E-state index >= 15 is 0 Å². The summed E-state index contributed by atoms with van der Waals surface area (Å²) in [7, 11) is 0. The van der Waals surface area contributed by atoms with Gasteiger partial charge >= 0.3 is 55.8 Å². The SMILES string of the molecule is CC(C)(C)OC(=O)N1CCCCC1.CC(C)(C)OC(=O)N1CCN(c2nnnc3c2sc2nc(N4CCOCC4)ccc23)CC1.Clc1nnnc2c1sc1nc(N3CCOCC3)ccc12.N#CCCl.N#Cc1ccc(N2CCOCC2)[nH]c1=S.N#Cc1ccc(N2CCOCC2)nc1Cl.N#Cc1sc2nc(N3CCOCC3)ccc2c1N.S.[Na][Na].c1cc2c(nc1N1CCOCC1)sc1c(N3CCNCC3)nnnc12. The molecule has 0 atom stereocenters. The minimum atomic E-state index is -0.499. The van der Waals surface area contributed by atoms with Crippen LogP contribution in [-0.2, 0) is 37.9 Å². The van der Waals surface area contributed by atoms with Gasteiger partial charge in [0.05, 0.1) is 107 Å². The zero-order valence-corrected chi connectivity index (χ0v) is 93.5. The minimum absolute atomic E-state index is 0. The van der Waals surface area contributed by atoms with Gasteiger partial charge in [-0.05, 0) is 149 Å². The second-order valence-corrected chi connectivity index (χ2v) is 40.5. The summed E-state index contributed by atoms with van der Waals surface area (Å²) in [5.41, 5.74) is 8.99. The Bertz CT molecular complexity index is 6730. The normalized spacial score (nSPS) is 16.6. The van der Waals surface area contributed by atoms with Crippen LogP contribution in [0.1, 0.15) is 76.8 Å². The molecule has 9 fully saturated rings. The number of amides is 2. The zero-order chi connectivity index (χ0) is 102. The van der Waals surface area contributed by atoms with Crippen molar-refractivity contribution >= 4 is 285 Å². The van der Waals surface area contributed by atoms with Crippen LogP contribution < -0.4 is 50.2 Å². The van der Waals surface area contributed by atoms with Crippen molar-refractivity contribution in [1.82, 2.24) is 91.3 Å². The van der Waals surface area contributed by atoms with Crippen molar-refractivity contribution in [3.63, 3.8) is 0 Å². The third-order valence-electron chi connectivity index (χ3n) is 23.4. The number of ether oxygens (including phenoxy) is 8. The molecule has 0 radical (unpaired) electrons. The monoisotopic (exact) mass is 2170 g/mol. The van der Waals surface area contributed by atoms with Crippen LogP contribution in [0.25, 0.3) is 71.5 Å². The Kier molecular flexibility index (Phi) is 43.2. The summed E-state index contributed by atoms with van der Waals surface area (Å²) in [6.45, 7) is 38.4. The first-order valence-corrected chi connectivity index (χ1v) is 60.7. The number of H-pyrrole nitrogens is 1. The van der Waals surface area contributed by atoms with Crippen LogP contribution in [-0.4, -0.2) is 382 Å². The fourth-order valence-electron chi connectivity index (χ4n) is 16.2. The van der Waals surface area contributed by atoms with Crippen molar-refractivity contribution in [2.75, 3.05) is 274 Å². The molecule has 22 rings (SSSR count). The topological polar surface area (TPSA) is 470 Å². The second-order valence-electron chi connectivity index (χ2n) is 35.1. The first kappa shape index (κ1) is 113. The summed E-state index contributed by atoms with van der Waals surface area (Å²) in [6.07, 6.45) is 3.02. The van der Waals surface area contributed by atoms with E-state index in [1.54, 1.807) is 50.7 Å². The summed E-state index contributed by atoms with van der Waals surface area (Å²) in [4.78, 5) is 75.6. The number of likely N-dealkylation sites (tertiary alicyclic amines) is 1. The van der Waals surface area contributed by atoms with Crippen LogP contribution in [0.15, 0.2) is 72.8 Å². The fourth-order valence-corrected chi connectivity index (χ4v) is 20.9. The van der Waals surface area contributed by atoms with Gasteiger partial charge in [-0.2, -0.15) is 34.5 Å². The molecule has 13 aromatic rings. The number of carbonyl (C=O) groups excluding carboxylic acids is 2. The van der Waals surface area contributed by atoms with Crippen molar-refractivity contribution in [3.05, 3.63) is 104 Å². The number of hydrogen-bond donors (Lipinski definition) is 3. The number of alkyl halides is 1. The van der Waals surface area contributed by atoms with Crippen molar-refractivity contribution < 1.29 is 47.5 Å². The van der Waals surface area contributed by atoms with Gasteiger partial charge in [-0.25, -0.2) is 34.5 Å². The number of fused-ring (bicyclic) bond motifs is 10. The van der Waals surface area contributed by atoms with Crippen LogP contribution in [0.5, 0.6) is 0 Å². The molecule has 0 aromatic carbocycles. The number of pyridine rings is 6. The molecule has 9 saturated heterocycles. The number of nitriles is 4. The van der Waals surface area contributed by atoms with Crippen LogP contribution in [0.4, 0.5) is 61.8 Å². The molecule has 22 heterocycles. The molecule has 0 spiro atoms. The van der Waals surface area contributed by atoms with Crippen LogP contribution in [0, 0.1) is 50.0 Å². The smallest absolute Gasteiger partial charge is 0.172 e. The average Bonchev–Trinajstić information content (AvgIpc) is 1.62. The molecule has 52 heteroatoms. The van der Waals surface area contributed by atoms with Gasteiger partial charge in [0.25, 0.3) is 0 Å². The fraction of sp³-hybridized carbons (Fsp3) is 0.495. The molecule has 0 unspecified atom stereocenters. The number of thiophene rings is 4. The molecule has 9 aliphatic rings. The van der Waals surface area contributed by atoms with Crippen molar-refractivity contribution in [1.29, 1.82) is 21.0 Å². The van der Waals surface area contributed by atoms with E-state index in [-0.39, 0.29) is 42.3 Å². The quantitative estimate of drug-likeness (QED) is 0.0550. The number of carbonyl (C=O) groups is 2. The molecule has 13 aromatic heterocycles. The first-order chi connectivity index (χ1) is 69.9. The van der Waals surface area contributed by atoms with Crippen LogP contribution >= 0.6 is 106 Å². The number of rotatable bonds is 8. The van der Waals surface area contributed by atoms with Gasteiger partial charge in [0, 0.05) is 166 Å². The number of aromatic nitrogens is 15. The van der Waals surface area contributed by atoms with Gasteiger partial charge in [0.1, 0.15) is 130 Å². The third-order valence-corrected chi connectivity index (χ3v) is 28.8. The maximum absolute atomic E-state index is 12.4. The maximum atomic E-state index is 12.4. The summed E-state index contributed by atoms with van der Waals surface area (Å²) >= 11 is 30.8. The summed E-state index contributed by atoms with van der Waals surface area (Å²) in [6, 6.07) is 31.2. The molecular weight excluding hydrogens is 2060 g/mol. The number of piperidine rings is 1. The molecule has 758 valence electrons. The van der Waals surface area contributed by atoms with Gasteiger partial charge in [0.15, 0.2) is 16.8 Å². The Hall–Kier alpha value is -9.59. The number of halogens is 3. The molecule has 0 aliphatic carbocycles. The van der Waals surface area contributed by atoms with E-state index in [1.807, 2.05) is 96.1 Å². The number of nitrogen functional groups attached to an aromatic ring is 1. The van der Waals surface area contributed by atoms with Crippen molar-refractivity contribution in [2.45, 2.75) is 72.0 Å². The Morgan fingerprint density at radius 2 is 0.766 bits per heavy atom. The summed E-state index contributed by atoms with van der Waals surface area (Å²) < 4.78 is 46.2. The van der Waals surface area contributed by atoms with Gasteiger partial charge < -0.3 is 103 Å². The van der Waals surface area contributed by atoms with Crippen LogP contribution in [0.3, 0.4) is 0 Å². The maximum Gasteiger partial charge on any atom is 0.172 e. The van der Waals surface area contributed by atoms with Gasteiger partial charge in [-0.15, -0.1) is 87.5 Å². The Morgan fingerprint density at radius 3 is 1.14 bits per heavy atom. The largest absolute Gasteiger partial charge is 0.378 e. The second kappa shape index (κ2) is 55.6. The van der Waals surface area contributed by atoms with E-state index < -0.39 is 5.60 Å². The third kappa shape index (κ3) is 30.6. The Balaban J connectivity index is 0.000000143. The standard InChI is InChI=1S/C21H27N7O3S.C16H19N7OS.C12H10ClN5OS.C12H12N4OS.C10H10ClN3O.C10H11N3OS.C10H19NO2.C2H2ClN.2Na.H2S/c1-21(2,3)31-20(29)28-8-6-27(7-9-28)18-17-16(23-25-24-18)14-4-5-15(22-19(14)32-17)26-10-12-30-13-11-26;1-2-12(22-7-9-24-10-8-22)18-16-11(1)13-14(25-16)15(20-21-19-13)23-5-3-17-4-6-23;13-11-10-9(15-17-16-11)7-1-2-8(14-12(7)20-10)18-3-5-19-6-4-18;13-7-9-11(14)8-1-2-10(15-12(8)18-9)16-3-5-17-6-4-16;11-10-8(7-12)1-2-9(13-10)14-3-5-15-6-4-14;11-7-8-1-2-9(12-10(8)15)13-3-5-14-6-4-13;1-10(2,3)13-9(12)11-7-5-4-6-8-11;3-1-2-4;;;/h4-5H,6-13H2,1-3H3;1-2,17H,3-10H2;1-2H,3-6H2;1-2H,3-6,14H2;1-2H,3-6H2;1-2H,3-6H2,(H,12,15);4-8H2,1-3H3;1H2;;;1H2. The molecule has 145 heavy (non-hydrogen) atoms. The summed E-state index contributed by atoms with van der Waals surface area (Å²) in [5, 5.41) is 78.7. The Labute approximate surface area is 910 Å². The molecule has 0 bridgehead atoms. The average molecular weight is 2170 g/mol. The van der Waals surface area contributed by atoms with Crippen molar-refractivity contribution in [3.8, 4) is 24.3 Å². The number of nitrogens with two attached hydrogens (primary N) is 1. The van der Waals surface area contributed by atoms with E-state index in [4.69, 9.17) is 127 Å². The molecule has 41 nitrogen and oxygen atoms in total. The number of hydrogen-bond acceptors (Lipinski definition) is 43. The van der Waals surface area contributed by atoms with E-state index in [9.17, 15) is 9.59 Å². The predicted molar refractivity (Wildman–Crippen MR) is 579 cm³/mol. The number of morpholine rings is 6.